The Kier molecular flexibility index (Phi) is 4.90. The van der Waals surface area contributed by atoms with Gasteiger partial charge in [0.1, 0.15) is 11.9 Å². The molecule has 16 heavy (non-hydrogen) atoms. The van der Waals surface area contributed by atoms with E-state index in [4.69, 9.17) is 39.1 Å². The Morgan fingerprint density at radius 3 is 2.38 bits per heavy atom. The van der Waals surface area contributed by atoms with Crippen LogP contribution in [0.3, 0.4) is 0 Å². The molecule has 0 saturated heterocycles. The zero-order chi connectivity index (χ0) is 12.1. The highest BCUT2D eigenvalue weighted by molar-refractivity contribution is 6.34. The third kappa shape index (κ3) is 4.29. The molecule has 1 rings (SSSR count). The number of rotatable bonds is 5. The second-order valence-electron chi connectivity index (χ2n) is 3.48. The molecule has 0 spiro atoms. The summed E-state index contributed by atoms with van der Waals surface area (Å²) in [7, 11) is 0. The summed E-state index contributed by atoms with van der Waals surface area (Å²) in [6, 6.07) is 5.02. The summed E-state index contributed by atoms with van der Waals surface area (Å²) >= 11 is 11.7. The molecule has 0 saturated carbocycles. The fourth-order valence-electron chi connectivity index (χ4n) is 1.30. The van der Waals surface area contributed by atoms with Crippen molar-refractivity contribution in [3.8, 4) is 5.75 Å². The fourth-order valence-corrected chi connectivity index (χ4v) is 1.81. The summed E-state index contributed by atoms with van der Waals surface area (Å²) in [5.41, 5.74) is 5.33. The lowest BCUT2D eigenvalue weighted by Gasteiger charge is -2.17. The third-order valence-corrected chi connectivity index (χ3v) is 2.48. The van der Waals surface area contributed by atoms with Gasteiger partial charge in [0.25, 0.3) is 0 Å². The van der Waals surface area contributed by atoms with Gasteiger partial charge in [0, 0.05) is 16.5 Å². The molecular formula is C11H14Cl2N2O. The Morgan fingerprint density at radius 1 is 1.38 bits per heavy atom. The van der Waals surface area contributed by atoms with Gasteiger partial charge < -0.3 is 10.5 Å². The lowest BCUT2D eigenvalue weighted by Crippen LogP contribution is -2.23. The molecule has 0 aliphatic carbocycles. The van der Waals surface area contributed by atoms with Crippen LogP contribution in [-0.2, 0) is 0 Å². The third-order valence-electron chi connectivity index (χ3n) is 2.04. The Hall–Kier alpha value is -0.930. The van der Waals surface area contributed by atoms with E-state index >= 15 is 0 Å². The van der Waals surface area contributed by atoms with Crippen molar-refractivity contribution in [1.82, 2.24) is 0 Å². The van der Waals surface area contributed by atoms with Gasteiger partial charge in [-0.2, -0.15) is 0 Å². The molecule has 1 aromatic rings. The number of ether oxygens (including phenoxy) is 1. The minimum Gasteiger partial charge on any atom is -0.490 e. The Balaban J connectivity index is 2.73. The van der Waals surface area contributed by atoms with Gasteiger partial charge in [-0.1, -0.05) is 30.1 Å². The van der Waals surface area contributed by atoms with Gasteiger partial charge in [-0.15, -0.1) is 0 Å². The minimum absolute atomic E-state index is 0.111. The predicted octanol–water partition coefficient (Wildman–Crippen LogP) is 3.48. The van der Waals surface area contributed by atoms with Crippen LogP contribution in [0, 0.1) is 5.41 Å². The van der Waals surface area contributed by atoms with Gasteiger partial charge in [0.15, 0.2) is 0 Å². The van der Waals surface area contributed by atoms with Gasteiger partial charge in [-0.25, -0.2) is 0 Å². The Morgan fingerprint density at radius 2 is 1.94 bits per heavy atom. The molecule has 0 radical (unpaired) electrons. The average Bonchev–Trinajstić information content (AvgIpc) is 2.14. The molecule has 1 aromatic carbocycles. The first-order valence-electron chi connectivity index (χ1n) is 4.97. The molecule has 1 atom stereocenters. The number of nitrogens with two attached hydrogens (primary N) is 1. The van der Waals surface area contributed by atoms with Crippen LogP contribution in [0.5, 0.6) is 5.75 Å². The molecule has 0 amide bonds. The first-order chi connectivity index (χ1) is 7.51. The fraction of sp³-hybridized carbons (Fsp3) is 0.364. The van der Waals surface area contributed by atoms with Crippen molar-refractivity contribution in [2.45, 2.75) is 25.9 Å². The van der Waals surface area contributed by atoms with Crippen LogP contribution in [-0.4, -0.2) is 11.9 Å². The zero-order valence-electron chi connectivity index (χ0n) is 8.97. The molecule has 0 aromatic heterocycles. The van der Waals surface area contributed by atoms with E-state index in [0.717, 1.165) is 6.42 Å². The van der Waals surface area contributed by atoms with Crippen LogP contribution in [0.1, 0.15) is 19.8 Å². The van der Waals surface area contributed by atoms with Crippen LogP contribution >= 0.6 is 23.2 Å². The topological polar surface area (TPSA) is 59.1 Å². The molecule has 0 fully saturated rings. The van der Waals surface area contributed by atoms with Crippen molar-refractivity contribution in [2.24, 2.45) is 5.73 Å². The molecule has 88 valence electrons. The number of hydrogen-bond donors (Lipinski definition) is 2. The predicted molar refractivity (Wildman–Crippen MR) is 67.7 cm³/mol. The zero-order valence-corrected chi connectivity index (χ0v) is 10.5. The number of benzene rings is 1. The molecular weight excluding hydrogens is 247 g/mol. The standard InChI is InChI=1S/C11H14Cl2N2O/c1-2-9(6-11(14)15)16-10-4-7(12)3-8(13)5-10/h3-5,9H,2,6H2,1H3,(H3,14,15). The largest absolute Gasteiger partial charge is 0.490 e. The quantitative estimate of drug-likeness (QED) is 0.629. The summed E-state index contributed by atoms with van der Waals surface area (Å²) in [6.45, 7) is 1.97. The summed E-state index contributed by atoms with van der Waals surface area (Å²) < 4.78 is 5.65. The second-order valence-corrected chi connectivity index (χ2v) is 4.36. The van der Waals surface area contributed by atoms with E-state index in [-0.39, 0.29) is 11.9 Å². The SMILES string of the molecule is CCC(CC(=N)N)Oc1cc(Cl)cc(Cl)c1. The van der Waals surface area contributed by atoms with Crippen LogP contribution in [0.25, 0.3) is 0 Å². The summed E-state index contributed by atoms with van der Waals surface area (Å²) in [5, 5.41) is 8.28. The lowest BCUT2D eigenvalue weighted by molar-refractivity contribution is 0.204. The molecule has 1 unspecified atom stereocenters. The highest BCUT2D eigenvalue weighted by atomic mass is 35.5. The number of amidine groups is 1. The van der Waals surface area contributed by atoms with Crippen molar-refractivity contribution in [1.29, 1.82) is 5.41 Å². The van der Waals surface area contributed by atoms with Crippen molar-refractivity contribution in [3.63, 3.8) is 0 Å². The highest BCUT2D eigenvalue weighted by Crippen LogP contribution is 2.25. The van der Waals surface area contributed by atoms with Crippen LogP contribution in [0.2, 0.25) is 10.0 Å². The smallest absolute Gasteiger partial charge is 0.122 e. The highest BCUT2D eigenvalue weighted by Gasteiger charge is 2.10. The first kappa shape index (κ1) is 13.1. The monoisotopic (exact) mass is 260 g/mol. The number of halogens is 2. The number of nitrogens with one attached hydrogen (secondary N) is 1. The van der Waals surface area contributed by atoms with Crippen LogP contribution in [0.4, 0.5) is 0 Å². The Labute approximate surface area is 105 Å². The molecule has 0 aliphatic heterocycles. The summed E-state index contributed by atoms with van der Waals surface area (Å²) in [4.78, 5) is 0. The molecule has 0 aliphatic rings. The van der Waals surface area contributed by atoms with Gasteiger partial charge in [0.05, 0.1) is 5.84 Å². The van der Waals surface area contributed by atoms with Gasteiger partial charge in [0.2, 0.25) is 0 Å². The maximum Gasteiger partial charge on any atom is 0.122 e. The first-order valence-corrected chi connectivity index (χ1v) is 5.72. The van der Waals surface area contributed by atoms with E-state index in [1.165, 1.54) is 0 Å². The second kappa shape index (κ2) is 5.97. The maximum atomic E-state index is 7.22. The normalized spacial score (nSPS) is 12.2. The van der Waals surface area contributed by atoms with E-state index in [1.54, 1.807) is 18.2 Å². The van der Waals surface area contributed by atoms with Gasteiger partial charge in [-0.05, 0) is 24.6 Å². The van der Waals surface area contributed by atoms with Gasteiger partial charge in [-0.3, -0.25) is 5.41 Å². The van der Waals surface area contributed by atoms with Crippen LogP contribution in [0.15, 0.2) is 18.2 Å². The van der Waals surface area contributed by atoms with E-state index in [2.05, 4.69) is 0 Å². The Bertz CT molecular complexity index is 362. The van der Waals surface area contributed by atoms with Crippen molar-refractivity contribution < 1.29 is 4.74 Å². The van der Waals surface area contributed by atoms with E-state index in [9.17, 15) is 0 Å². The maximum absolute atomic E-state index is 7.22. The average molecular weight is 261 g/mol. The molecule has 0 heterocycles. The number of hydrogen-bond acceptors (Lipinski definition) is 2. The molecule has 3 N–H and O–H groups in total. The van der Waals surface area contributed by atoms with E-state index in [0.29, 0.717) is 22.2 Å². The summed E-state index contributed by atoms with van der Waals surface area (Å²) in [5.74, 6) is 0.713. The van der Waals surface area contributed by atoms with Gasteiger partial charge >= 0.3 is 0 Å². The lowest BCUT2D eigenvalue weighted by atomic mass is 10.2. The summed E-state index contributed by atoms with van der Waals surface area (Å²) in [6.07, 6.45) is 1.05. The van der Waals surface area contributed by atoms with Crippen molar-refractivity contribution in [3.05, 3.63) is 28.2 Å². The van der Waals surface area contributed by atoms with E-state index in [1.807, 2.05) is 6.92 Å². The van der Waals surface area contributed by atoms with Crippen molar-refractivity contribution in [2.75, 3.05) is 0 Å². The van der Waals surface area contributed by atoms with Crippen molar-refractivity contribution >= 4 is 29.0 Å². The van der Waals surface area contributed by atoms with Crippen LogP contribution < -0.4 is 10.5 Å². The molecule has 3 nitrogen and oxygen atoms in total. The minimum atomic E-state index is -0.118. The molecule has 5 heteroatoms. The van der Waals surface area contributed by atoms with E-state index < -0.39 is 0 Å². The molecule has 0 bridgehead atoms.